The fourth-order valence-corrected chi connectivity index (χ4v) is 15.3. The van der Waals surface area contributed by atoms with Crippen LogP contribution in [0.5, 0.6) is 0 Å². The van der Waals surface area contributed by atoms with Gasteiger partial charge in [0, 0.05) is 11.8 Å². The molecule has 0 fully saturated rings. The van der Waals surface area contributed by atoms with E-state index < -0.39 is 19.5 Å². The number of alkyl halides is 2. The maximum atomic E-state index is 5.94. The van der Waals surface area contributed by atoms with Gasteiger partial charge in [-0.05, 0) is 45.0 Å². The molecule has 0 aromatic heterocycles. The molecule has 18 heavy (non-hydrogen) atoms. The van der Waals surface area contributed by atoms with E-state index >= 15 is 0 Å². The second-order valence-electron chi connectivity index (χ2n) is 2.71. The molecule has 0 unspecified atom stereocenters. The highest BCUT2D eigenvalue weighted by Gasteiger charge is 2.35. The molecule has 1 heterocycles. The first-order valence-corrected chi connectivity index (χ1v) is 14.0. The molecule has 0 aliphatic carbocycles. The summed E-state index contributed by atoms with van der Waals surface area (Å²) in [4.78, 5) is 0. The maximum absolute atomic E-state index is 5.94. The molecule has 1 rings (SSSR count). The third-order valence-corrected chi connectivity index (χ3v) is 12.8. The molecule has 1 aliphatic heterocycles. The van der Waals surface area contributed by atoms with Crippen molar-refractivity contribution in [1.29, 1.82) is 0 Å². The van der Waals surface area contributed by atoms with Crippen LogP contribution in [0.2, 0.25) is 0 Å². The van der Waals surface area contributed by atoms with Crippen molar-refractivity contribution < 1.29 is 9.05 Å². The van der Waals surface area contributed by atoms with Crippen molar-refractivity contribution in [3.8, 4) is 0 Å². The molecule has 14 heteroatoms. The number of hydrogen-bond acceptors (Lipinski definition) is 5. The Kier molecular flexibility index (Phi) is 7.73. The number of halogens is 6. The Morgan fingerprint density at radius 1 is 0.722 bits per heavy atom. The fourth-order valence-electron chi connectivity index (χ4n) is 0.903. The van der Waals surface area contributed by atoms with Gasteiger partial charge in [-0.25, -0.2) is 0 Å². The third kappa shape index (κ3) is 6.00. The van der Waals surface area contributed by atoms with Crippen LogP contribution in [0.15, 0.2) is 13.5 Å². The Balaban J connectivity index is 3.21. The number of hydrogen-bond donors (Lipinski definition) is 0. The van der Waals surface area contributed by atoms with Gasteiger partial charge in [-0.3, -0.25) is 0 Å². The zero-order valence-corrected chi connectivity index (χ0v) is 15.8. The Morgan fingerprint density at radius 3 is 1.56 bits per heavy atom. The minimum absolute atomic E-state index is 0.145. The number of nitrogens with zero attached hydrogens (tertiary/aromatic N) is 3. The largest absolute Gasteiger partial charge is 0.345 e. The molecule has 0 aromatic rings. The lowest BCUT2D eigenvalue weighted by molar-refractivity contribution is 0.263. The lowest BCUT2D eigenvalue weighted by atomic mass is 10.9. The summed E-state index contributed by atoms with van der Waals surface area (Å²) in [6.07, 6.45) is 0. The monoisotopic (exact) mass is 433 g/mol. The second-order valence-corrected chi connectivity index (χ2v) is 15.6. The summed E-state index contributed by atoms with van der Waals surface area (Å²) in [6.45, 7) is 0.290. The summed E-state index contributed by atoms with van der Waals surface area (Å²) in [5.74, 6) is -5.68. The lowest BCUT2D eigenvalue weighted by Gasteiger charge is -2.25. The van der Waals surface area contributed by atoms with Crippen molar-refractivity contribution in [2.75, 3.05) is 25.0 Å². The molecule has 0 bridgehead atoms. The fraction of sp³-hybridized carbons (Fsp3) is 1.00. The Bertz CT molecular complexity index is 437. The van der Waals surface area contributed by atoms with E-state index in [9.17, 15) is 0 Å². The van der Waals surface area contributed by atoms with E-state index in [-0.39, 0.29) is 25.0 Å². The van der Waals surface area contributed by atoms with Gasteiger partial charge in [-0.2, -0.15) is 13.5 Å². The maximum Gasteiger partial charge on any atom is 0.345 e. The molecule has 0 saturated heterocycles. The van der Waals surface area contributed by atoms with Crippen molar-refractivity contribution in [3.05, 3.63) is 0 Å². The van der Waals surface area contributed by atoms with Crippen LogP contribution < -0.4 is 0 Å². The van der Waals surface area contributed by atoms with Crippen molar-refractivity contribution in [2.45, 2.75) is 0 Å². The van der Waals surface area contributed by atoms with E-state index in [0.717, 1.165) is 0 Å². The summed E-state index contributed by atoms with van der Waals surface area (Å²) in [5.41, 5.74) is 0. The molecule has 0 N–H and O–H groups in total. The van der Waals surface area contributed by atoms with E-state index in [2.05, 4.69) is 13.5 Å². The number of rotatable bonds is 6. The third-order valence-electron chi connectivity index (χ3n) is 1.33. The van der Waals surface area contributed by atoms with Gasteiger partial charge in [0.1, 0.15) is 0 Å². The van der Waals surface area contributed by atoms with Gasteiger partial charge in [0.15, 0.2) is 0 Å². The van der Waals surface area contributed by atoms with Crippen molar-refractivity contribution >= 4 is 87.6 Å². The van der Waals surface area contributed by atoms with Crippen LogP contribution in [-0.2, 0) is 9.05 Å². The first-order valence-electron chi connectivity index (χ1n) is 4.35. The molecule has 0 saturated carbocycles. The van der Waals surface area contributed by atoms with E-state index in [1.54, 1.807) is 0 Å². The van der Waals surface area contributed by atoms with Gasteiger partial charge >= 0.3 is 7.66 Å². The lowest BCUT2D eigenvalue weighted by Crippen LogP contribution is -2.00. The average Bonchev–Trinajstić information content (AvgIpc) is 2.19. The minimum atomic E-state index is -3.11. The van der Waals surface area contributed by atoms with Gasteiger partial charge in [0.2, 0.25) is 0 Å². The minimum Gasteiger partial charge on any atom is -0.305 e. The summed E-state index contributed by atoms with van der Waals surface area (Å²) < 4.78 is 22.7. The predicted molar refractivity (Wildman–Crippen MR) is 84.8 cm³/mol. The molecule has 1 aliphatic rings. The highest BCUT2D eigenvalue weighted by Crippen LogP contribution is 2.85. The summed E-state index contributed by atoms with van der Waals surface area (Å²) in [6, 6.07) is 0. The highest BCUT2D eigenvalue weighted by atomic mass is 35.9. The first-order chi connectivity index (χ1) is 8.24. The molecule has 0 spiro atoms. The Hall–Kier alpha value is 2.35. The molecule has 5 nitrogen and oxygen atoms in total. The molecule has 108 valence electrons. The molecular weight excluding hydrogens is 428 g/mol. The summed E-state index contributed by atoms with van der Waals surface area (Å²) in [5, 5.41) is 0. The van der Waals surface area contributed by atoms with Crippen molar-refractivity contribution in [2.24, 2.45) is 13.5 Å². The Labute approximate surface area is 134 Å². The zero-order chi connectivity index (χ0) is 13.9. The highest BCUT2D eigenvalue weighted by molar-refractivity contribution is 8.20. The van der Waals surface area contributed by atoms with Crippen molar-refractivity contribution in [3.63, 3.8) is 0 Å². The molecule has 0 atom stereocenters. The molecule has 0 radical (unpaired) electrons. The average molecular weight is 436 g/mol. The van der Waals surface area contributed by atoms with Gasteiger partial charge in [-0.1, -0.05) is 0 Å². The quantitative estimate of drug-likeness (QED) is 0.324. The zero-order valence-electron chi connectivity index (χ0n) is 8.60. The van der Waals surface area contributed by atoms with Crippen LogP contribution in [0.4, 0.5) is 0 Å². The first kappa shape index (κ1) is 18.4. The predicted octanol–water partition coefficient (Wildman–Crippen LogP) is 7.30. The Morgan fingerprint density at radius 2 is 1.17 bits per heavy atom. The van der Waals surface area contributed by atoms with E-state index in [1.165, 1.54) is 0 Å². The molecule has 0 aromatic carbocycles. The normalized spacial score (nSPS) is 23.7. The van der Waals surface area contributed by atoms with Crippen molar-refractivity contribution in [1.82, 2.24) is 0 Å². The van der Waals surface area contributed by atoms with Gasteiger partial charge in [0.25, 0.3) is 11.8 Å². The van der Waals surface area contributed by atoms with Crippen LogP contribution >= 0.6 is 87.6 Å². The van der Waals surface area contributed by atoms with Gasteiger partial charge in [0.05, 0.1) is 13.2 Å². The molecular formula is C4H8Cl6N3O2P3. The molecule has 0 amide bonds. The second kappa shape index (κ2) is 7.56. The topological polar surface area (TPSA) is 55.5 Å². The van der Waals surface area contributed by atoms with Crippen LogP contribution in [0.3, 0.4) is 0 Å². The van der Waals surface area contributed by atoms with Crippen LogP contribution in [0.25, 0.3) is 0 Å². The van der Waals surface area contributed by atoms with Gasteiger partial charge < -0.3 is 9.05 Å². The summed E-state index contributed by atoms with van der Waals surface area (Å²) >= 11 is 34.9. The van der Waals surface area contributed by atoms with E-state index in [4.69, 9.17) is 77.2 Å². The van der Waals surface area contributed by atoms with E-state index in [0.29, 0.717) is 0 Å². The van der Waals surface area contributed by atoms with Gasteiger partial charge in [-0.15, -0.1) is 23.2 Å². The van der Waals surface area contributed by atoms with E-state index in [1.807, 2.05) is 0 Å². The van der Waals surface area contributed by atoms with Crippen LogP contribution in [0.1, 0.15) is 0 Å². The van der Waals surface area contributed by atoms with Crippen LogP contribution in [0, 0.1) is 0 Å². The SMILES string of the molecule is ClCCOP1(OCCCl)=NP(Cl)(Cl)=NP(Cl)(Cl)=N1. The van der Waals surface area contributed by atoms with Crippen LogP contribution in [-0.4, -0.2) is 25.0 Å². The standard InChI is InChI=1S/C4H8Cl6N3O2P3/c5-1-3-14-18(15-4-2-6)12-16(7,8)11-17(9,10)13-18/h1-4H2. The smallest absolute Gasteiger partial charge is 0.305 e. The summed E-state index contributed by atoms with van der Waals surface area (Å²) in [7, 11) is -3.11.